The Bertz CT molecular complexity index is 1650. The summed E-state index contributed by atoms with van der Waals surface area (Å²) in [4.78, 5) is 32.9. The molecule has 0 radical (unpaired) electrons. The van der Waals surface area contributed by atoms with Crippen molar-refractivity contribution in [1.29, 1.82) is 0 Å². The van der Waals surface area contributed by atoms with Crippen molar-refractivity contribution in [3.63, 3.8) is 0 Å². The van der Waals surface area contributed by atoms with Crippen molar-refractivity contribution >= 4 is 39.6 Å². The number of Topliss-reactive ketones (excluding diaryl/α,β-unsaturated/α-hetero) is 1. The lowest BCUT2D eigenvalue weighted by Gasteiger charge is -2.23. The fourth-order valence-electron chi connectivity index (χ4n) is 4.63. The fourth-order valence-corrected chi connectivity index (χ4v) is 5.35. The molecule has 39 heavy (non-hydrogen) atoms. The Morgan fingerprint density at radius 1 is 1.15 bits per heavy atom. The van der Waals surface area contributed by atoms with Gasteiger partial charge in [-0.1, -0.05) is 36.1 Å². The van der Waals surface area contributed by atoms with E-state index < -0.39 is 17.7 Å². The van der Waals surface area contributed by atoms with Crippen LogP contribution in [-0.2, 0) is 9.59 Å². The number of benzene rings is 1. The minimum atomic E-state index is -1.00. The zero-order valence-electron chi connectivity index (χ0n) is 22.0. The zero-order valence-corrected chi connectivity index (χ0v) is 22.8. The van der Waals surface area contributed by atoms with Gasteiger partial charge in [-0.3, -0.25) is 14.5 Å². The van der Waals surface area contributed by atoms with Crippen LogP contribution in [0, 0.1) is 20.8 Å². The summed E-state index contributed by atoms with van der Waals surface area (Å²) in [6.45, 7) is 11.6. The van der Waals surface area contributed by atoms with Crippen molar-refractivity contribution in [1.82, 2.24) is 19.6 Å². The number of aliphatic hydroxyl groups is 1. The number of aryl methyl sites for hydroxylation is 3. The highest BCUT2D eigenvalue weighted by Gasteiger charge is 2.49. The molecule has 10 nitrogen and oxygen atoms in total. The van der Waals surface area contributed by atoms with Gasteiger partial charge in [0, 0.05) is 6.20 Å². The summed E-state index contributed by atoms with van der Waals surface area (Å²) < 4.78 is 13.4. The van der Waals surface area contributed by atoms with E-state index in [-0.39, 0.29) is 28.8 Å². The molecule has 3 aromatic heterocycles. The van der Waals surface area contributed by atoms with E-state index in [4.69, 9.17) is 9.47 Å². The number of hydrogen-bond donors (Lipinski definition) is 1. The number of pyridine rings is 1. The number of carbonyl (C=O) groups excluding carboxylic acids is 2. The highest BCUT2D eigenvalue weighted by atomic mass is 32.1. The number of carbonyl (C=O) groups is 2. The second kappa shape index (κ2) is 10.3. The lowest BCUT2D eigenvalue weighted by molar-refractivity contribution is -0.132. The van der Waals surface area contributed by atoms with Crippen molar-refractivity contribution in [3.8, 4) is 11.5 Å². The van der Waals surface area contributed by atoms with Crippen LogP contribution in [0.2, 0.25) is 0 Å². The largest absolute Gasteiger partial charge is 0.505 e. The molecule has 200 valence electrons. The van der Waals surface area contributed by atoms with Gasteiger partial charge in [-0.2, -0.15) is 0 Å². The number of fused-ring (bicyclic) bond motifs is 1. The van der Waals surface area contributed by atoms with Crippen molar-refractivity contribution in [3.05, 3.63) is 82.3 Å². The molecule has 11 heteroatoms. The first-order valence-corrected chi connectivity index (χ1v) is 13.1. The van der Waals surface area contributed by atoms with Gasteiger partial charge in [-0.25, -0.2) is 4.98 Å². The second-order valence-electron chi connectivity index (χ2n) is 8.94. The maximum absolute atomic E-state index is 13.6. The van der Waals surface area contributed by atoms with Gasteiger partial charge in [0.1, 0.15) is 23.0 Å². The van der Waals surface area contributed by atoms with E-state index >= 15 is 0 Å². The van der Waals surface area contributed by atoms with Crippen LogP contribution >= 0.6 is 11.3 Å². The Kier molecular flexibility index (Phi) is 6.92. The van der Waals surface area contributed by atoms with Crippen LogP contribution in [0.1, 0.15) is 40.5 Å². The first-order chi connectivity index (χ1) is 18.8. The summed E-state index contributed by atoms with van der Waals surface area (Å²) in [5.74, 6) is -1.12. The van der Waals surface area contributed by atoms with E-state index in [2.05, 4.69) is 21.8 Å². The summed E-state index contributed by atoms with van der Waals surface area (Å²) in [6, 6.07) is 7.92. The minimum Gasteiger partial charge on any atom is -0.505 e. The van der Waals surface area contributed by atoms with Crippen LogP contribution in [0.25, 0.3) is 11.4 Å². The van der Waals surface area contributed by atoms with Gasteiger partial charge in [0.25, 0.3) is 5.78 Å². The number of ether oxygens (including phenoxy) is 2. The number of ketones is 1. The molecule has 4 aromatic rings. The number of imidazole rings is 1. The summed E-state index contributed by atoms with van der Waals surface area (Å²) in [7, 11) is 0. The van der Waals surface area contributed by atoms with Crippen molar-refractivity contribution < 1.29 is 24.2 Å². The third-order valence-corrected chi connectivity index (χ3v) is 7.25. The van der Waals surface area contributed by atoms with E-state index in [1.54, 1.807) is 38.1 Å². The Hall–Kier alpha value is -4.51. The molecule has 0 bridgehead atoms. The average molecular weight is 546 g/mol. The van der Waals surface area contributed by atoms with E-state index in [1.807, 2.05) is 36.6 Å². The van der Waals surface area contributed by atoms with Crippen LogP contribution in [-0.4, -0.2) is 49.6 Å². The predicted octanol–water partition coefficient (Wildman–Crippen LogP) is 4.70. The number of hydrogen-bond acceptors (Lipinski definition) is 9. The van der Waals surface area contributed by atoms with E-state index in [9.17, 15) is 14.7 Å². The summed E-state index contributed by atoms with van der Waals surface area (Å²) >= 11 is 1.18. The molecule has 4 heterocycles. The summed E-state index contributed by atoms with van der Waals surface area (Å²) in [6.07, 6.45) is 3.45. The minimum absolute atomic E-state index is 0.0979. The molecule has 1 aromatic carbocycles. The molecule has 1 fully saturated rings. The SMILES string of the molecule is C=CCOc1ccc(C2C(=C(O)c3nc4c(C)cccn4c3C)C(=O)C(=O)N2c2nnc(C)s2)cc1OCC. The van der Waals surface area contributed by atoms with E-state index in [0.717, 1.165) is 5.56 Å². The molecule has 0 spiro atoms. The van der Waals surface area contributed by atoms with Crippen LogP contribution in [0.15, 0.2) is 54.8 Å². The zero-order chi connectivity index (χ0) is 27.8. The third kappa shape index (κ3) is 4.44. The van der Waals surface area contributed by atoms with Gasteiger partial charge in [-0.05, 0) is 57.0 Å². The molecule has 1 atom stereocenters. The van der Waals surface area contributed by atoms with Gasteiger partial charge < -0.3 is 19.0 Å². The van der Waals surface area contributed by atoms with Crippen LogP contribution in [0.3, 0.4) is 0 Å². The third-order valence-electron chi connectivity index (χ3n) is 6.41. The topological polar surface area (TPSA) is 119 Å². The summed E-state index contributed by atoms with van der Waals surface area (Å²) in [5.41, 5.74) is 2.82. The Balaban J connectivity index is 1.74. The predicted molar refractivity (Wildman–Crippen MR) is 147 cm³/mol. The summed E-state index contributed by atoms with van der Waals surface area (Å²) in [5, 5.41) is 20.7. The van der Waals surface area contributed by atoms with Crippen molar-refractivity contribution in [2.24, 2.45) is 0 Å². The van der Waals surface area contributed by atoms with Gasteiger partial charge in [-0.15, -0.1) is 10.2 Å². The molecule has 0 aliphatic carbocycles. The smallest absolute Gasteiger partial charge is 0.301 e. The maximum atomic E-state index is 13.6. The Labute approximate surface area is 228 Å². The van der Waals surface area contributed by atoms with Crippen molar-refractivity contribution in [2.75, 3.05) is 18.1 Å². The van der Waals surface area contributed by atoms with Gasteiger partial charge >= 0.3 is 5.91 Å². The molecule has 1 N–H and O–H groups in total. The first-order valence-electron chi connectivity index (χ1n) is 12.3. The quantitative estimate of drug-likeness (QED) is 0.146. The molecule has 1 amide bonds. The number of anilines is 1. The molecule has 1 unspecified atom stereocenters. The van der Waals surface area contributed by atoms with E-state index in [1.165, 1.54) is 16.2 Å². The standard InChI is InChI=1S/C28H27N5O5S/c1-6-13-38-19-11-10-18(14-20(19)37-7-2)23-21(25(35)27(36)33(23)28-31-30-17(5)39-28)24(34)22-16(4)32-12-8-9-15(3)26(32)29-22/h6,8-12,14,23,34H,1,7,13H2,2-5H3. The highest BCUT2D eigenvalue weighted by molar-refractivity contribution is 7.15. The normalized spacial score (nSPS) is 16.7. The Morgan fingerprint density at radius 3 is 2.62 bits per heavy atom. The van der Waals surface area contributed by atoms with Gasteiger partial charge in [0.15, 0.2) is 17.3 Å². The van der Waals surface area contributed by atoms with Crippen LogP contribution in [0.4, 0.5) is 5.13 Å². The highest BCUT2D eigenvalue weighted by Crippen LogP contribution is 2.45. The molecular formula is C28H27N5O5S. The van der Waals surface area contributed by atoms with Gasteiger partial charge in [0.05, 0.1) is 23.9 Å². The molecule has 5 rings (SSSR count). The number of aromatic nitrogens is 4. The molecular weight excluding hydrogens is 518 g/mol. The van der Waals surface area contributed by atoms with Crippen LogP contribution in [0.5, 0.6) is 11.5 Å². The monoisotopic (exact) mass is 545 g/mol. The molecule has 1 saturated heterocycles. The maximum Gasteiger partial charge on any atom is 0.301 e. The number of aliphatic hydroxyl groups excluding tert-OH is 1. The molecule has 1 aliphatic rings. The molecule has 0 saturated carbocycles. The Morgan fingerprint density at radius 2 is 1.95 bits per heavy atom. The average Bonchev–Trinajstić information content (AvgIpc) is 3.58. The molecule has 1 aliphatic heterocycles. The first kappa shape index (κ1) is 26.1. The lowest BCUT2D eigenvalue weighted by atomic mass is 9.96. The lowest BCUT2D eigenvalue weighted by Crippen LogP contribution is -2.29. The number of rotatable bonds is 8. The van der Waals surface area contributed by atoms with Crippen molar-refractivity contribution in [2.45, 2.75) is 33.7 Å². The number of amides is 1. The second-order valence-corrected chi connectivity index (χ2v) is 10.1. The van der Waals surface area contributed by atoms with E-state index in [0.29, 0.717) is 40.0 Å². The van der Waals surface area contributed by atoms with Crippen LogP contribution < -0.4 is 14.4 Å². The fraction of sp³-hybridized carbons (Fsp3) is 0.250. The van der Waals surface area contributed by atoms with Gasteiger partial charge in [0.2, 0.25) is 5.13 Å². The number of nitrogens with zero attached hydrogens (tertiary/aromatic N) is 5.